The normalized spacial score (nSPS) is 11.0. The van der Waals surface area contributed by atoms with Crippen molar-refractivity contribution in [3.05, 3.63) is 64.6 Å². The first-order chi connectivity index (χ1) is 11.3. The summed E-state index contributed by atoms with van der Waals surface area (Å²) < 4.78 is 7.51. The maximum atomic E-state index is 5.97. The van der Waals surface area contributed by atoms with Gasteiger partial charge in [0.25, 0.3) is 0 Å². The molecule has 0 N–H and O–H groups in total. The molecule has 0 atom stereocenters. The molecule has 114 valence electrons. The summed E-state index contributed by atoms with van der Waals surface area (Å²) >= 11 is 7.42. The van der Waals surface area contributed by atoms with Crippen molar-refractivity contribution in [2.75, 3.05) is 0 Å². The van der Waals surface area contributed by atoms with Crippen molar-refractivity contribution >= 4 is 27.9 Å². The van der Waals surface area contributed by atoms with Gasteiger partial charge in [-0.2, -0.15) is 9.61 Å². The highest BCUT2D eigenvalue weighted by atomic mass is 35.5. The second-order valence-corrected chi connectivity index (χ2v) is 6.15. The molecule has 0 aliphatic carbocycles. The van der Waals surface area contributed by atoms with Gasteiger partial charge >= 0.3 is 0 Å². The number of rotatable bonds is 4. The Bertz CT molecular complexity index is 948. The summed E-state index contributed by atoms with van der Waals surface area (Å²) in [4.78, 5) is 0.779. The molecule has 7 heteroatoms. The molecule has 0 bridgehead atoms. The smallest absolute Gasteiger partial charge is 0.234 e. The Morgan fingerprint density at radius 3 is 2.78 bits per heavy atom. The molecule has 0 spiro atoms. The lowest BCUT2D eigenvalue weighted by Crippen LogP contribution is -1.95. The second kappa shape index (κ2) is 5.98. The monoisotopic (exact) mass is 342 g/mol. The highest BCUT2D eigenvalue weighted by molar-refractivity contribution is 7.14. The lowest BCUT2D eigenvalue weighted by atomic mass is 10.2. The van der Waals surface area contributed by atoms with Gasteiger partial charge in [0.05, 0.1) is 0 Å². The van der Waals surface area contributed by atoms with E-state index < -0.39 is 0 Å². The average Bonchev–Trinajstić information content (AvgIpc) is 3.17. The fourth-order valence-electron chi connectivity index (χ4n) is 2.23. The molecule has 0 saturated heterocycles. The first-order valence-electron chi connectivity index (χ1n) is 6.92. The number of halogens is 1. The van der Waals surface area contributed by atoms with E-state index in [-0.39, 0.29) is 0 Å². The Morgan fingerprint density at radius 2 is 1.96 bits per heavy atom. The van der Waals surface area contributed by atoms with Crippen molar-refractivity contribution in [2.24, 2.45) is 0 Å². The average molecular weight is 343 g/mol. The molecule has 0 saturated carbocycles. The fraction of sp³-hybridized carbons (Fsp3) is 0.0625. The van der Waals surface area contributed by atoms with Crippen LogP contribution >= 0.6 is 22.9 Å². The largest absolute Gasteiger partial charge is 0.489 e. The Balaban J connectivity index is 1.51. The van der Waals surface area contributed by atoms with Crippen LogP contribution in [-0.4, -0.2) is 19.8 Å². The molecule has 0 unspecified atom stereocenters. The summed E-state index contributed by atoms with van der Waals surface area (Å²) in [6, 6.07) is 15.3. The van der Waals surface area contributed by atoms with Gasteiger partial charge in [0.15, 0.2) is 5.82 Å². The number of aromatic nitrogens is 4. The van der Waals surface area contributed by atoms with Crippen molar-refractivity contribution < 1.29 is 4.74 Å². The third-order valence-electron chi connectivity index (χ3n) is 3.34. The summed E-state index contributed by atoms with van der Waals surface area (Å²) in [5, 5.41) is 13.2. The number of ether oxygens (including phenoxy) is 1. The molecule has 0 aliphatic heterocycles. The fourth-order valence-corrected chi connectivity index (χ4v) is 3.00. The lowest BCUT2D eigenvalue weighted by molar-refractivity contribution is 0.306. The molecule has 4 rings (SSSR count). The summed E-state index contributed by atoms with van der Waals surface area (Å²) in [6.07, 6.45) is 0. The highest BCUT2D eigenvalue weighted by Crippen LogP contribution is 2.23. The minimum atomic E-state index is 0.473. The minimum Gasteiger partial charge on any atom is -0.489 e. The number of nitrogens with zero attached hydrogens (tertiary/aromatic N) is 4. The highest BCUT2D eigenvalue weighted by Gasteiger charge is 2.10. The van der Waals surface area contributed by atoms with Gasteiger partial charge in [0.1, 0.15) is 17.9 Å². The Morgan fingerprint density at radius 1 is 1.09 bits per heavy atom. The van der Waals surface area contributed by atoms with Gasteiger partial charge in [-0.05, 0) is 42.0 Å². The van der Waals surface area contributed by atoms with E-state index in [9.17, 15) is 0 Å². The third-order valence-corrected chi connectivity index (χ3v) is 4.24. The molecule has 5 nitrogen and oxygen atoms in total. The van der Waals surface area contributed by atoms with Crippen LogP contribution < -0.4 is 4.74 Å². The zero-order chi connectivity index (χ0) is 15.6. The van der Waals surface area contributed by atoms with Crippen LogP contribution in [0.1, 0.15) is 5.56 Å². The van der Waals surface area contributed by atoms with E-state index in [1.807, 2.05) is 48.5 Å². The SMILES string of the molecule is Clc1cccc(COc2ccc(-c3nnc4scnn34)cc2)c1. The molecule has 0 fully saturated rings. The van der Waals surface area contributed by atoms with Crippen LogP contribution in [0.3, 0.4) is 0 Å². The molecule has 0 aliphatic rings. The van der Waals surface area contributed by atoms with E-state index in [0.717, 1.165) is 27.7 Å². The van der Waals surface area contributed by atoms with E-state index >= 15 is 0 Å². The number of benzene rings is 2. The third kappa shape index (κ3) is 2.91. The van der Waals surface area contributed by atoms with Crippen molar-refractivity contribution in [3.63, 3.8) is 0 Å². The van der Waals surface area contributed by atoms with Crippen molar-refractivity contribution in [2.45, 2.75) is 6.61 Å². The van der Waals surface area contributed by atoms with Gasteiger partial charge in [-0.15, -0.1) is 10.2 Å². The predicted molar refractivity (Wildman–Crippen MR) is 89.9 cm³/mol. The molecule has 23 heavy (non-hydrogen) atoms. The molecular formula is C16H11ClN4OS. The zero-order valence-corrected chi connectivity index (χ0v) is 13.5. The van der Waals surface area contributed by atoms with Crippen molar-refractivity contribution in [3.8, 4) is 17.1 Å². The van der Waals surface area contributed by atoms with E-state index in [1.54, 1.807) is 10.0 Å². The van der Waals surface area contributed by atoms with Crippen LogP contribution in [0.15, 0.2) is 54.0 Å². The second-order valence-electron chi connectivity index (χ2n) is 4.90. The maximum Gasteiger partial charge on any atom is 0.234 e. The van der Waals surface area contributed by atoms with Gasteiger partial charge in [-0.1, -0.05) is 35.1 Å². The summed E-state index contributed by atoms with van der Waals surface area (Å²) in [6.45, 7) is 0.473. The van der Waals surface area contributed by atoms with E-state index in [0.29, 0.717) is 11.6 Å². The lowest BCUT2D eigenvalue weighted by Gasteiger charge is -2.07. The Kier molecular flexibility index (Phi) is 3.69. The first-order valence-corrected chi connectivity index (χ1v) is 8.18. The van der Waals surface area contributed by atoms with Crippen LogP contribution in [0, 0.1) is 0 Å². The van der Waals surface area contributed by atoms with Crippen LogP contribution in [0.4, 0.5) is 0 Å². The molecular weight excluding hydrogens is 332 g/mol. The minimum absolute atomic E-state index is 0.473. The molecule has 2 heterocycles. The van der Waals surface area contributed by atoms with Crippen molar-refractivity contribution in [1.29, 1.82) is 0 Å². The summed E-state index contributed by atoms with van der Waals surface area (Å²) in [7, 11) is 0. The van der Waals surface area contributed by atoms with E-state index in [2.05, 4.69) is 15.3 Å². The standard InChI is InChI=1S/C16H11ClN4OS/c17-13-3-1-2-11(8-13)9-22-14-6-4-12(5-7-14)15-19-20-16-21(15)18-10-23-16/h1-8,10H,9H2. The van der Waals surface area contributed by atoms with Crippen LogP contribution in [0.2, 0.25) is 5.02 Å². The summed E-state index contributed by atoms with van der Waals surface area (Å²) in [5.74, 6) is 1.51. The van der Waals surface area contributed by atoms with E-state index in [1.165, 1.54) is 11.3 Å². The van der Waals surface area contributed by atoms with Gasteiger partial charge in [-0.25, -0.2) is 0 Å². The number of hydrogen-bond donors (Lipinski definition) is 0. The van der Waals surface area contributed by atoms with Crippen LogP contribution in [0.25, 0.3) is 16.3 Å². The van der Waals surface area contributed by atoms with Gasteiger partial charge < -0.3 is 4.74 Å². The maximum absolute atomic E-state index is 5.97. The first kappa shape index (κ1) is 14.2. The predicted octanol–water partition coefficient (Wildman–Crippen LogP) is 4.09. The molecule has 2 aromatic heterocycles. The molecule has 0 amide bonds. The topological polar surface area (TPSA) is 52.3 Å². The van der Waals surface area contributed by atoms with Crippen molar-refractivity contribution in [1.82, 2.24) is 19.8 Å². The Labute approximate surface area is 141 Å². The summed E-state index contributed by atoms with van der Waals surface area (Å²) in [5.41, 5.74) is 3.72. The van der Waals surface area contributed by atoms with E-state index in [4.69, 9.17) is 16.3 Å². The Hall–Kier alpha value is -2.44. The number of fused-ring (bicyclic) bond motifs is 1. The number of hydrogen-bond acceptors (Lipinski definition) is 5. The zero-order valence-electron chi connectivity index (χ0n) is 11.9. The van der Waals surface area contributed by atoms with Gasteiger partial charge in [0, 0.05) is 10.6 Å². The van der Waals surface area contributed by atoms with Crippen LogP contribution in [0.5, 0.6) is 5.75 Å². The molecule has 2 aromatic carbocycles. The van der Waals surface area contributed by atoms with Crippen LogP contribution in [-0.2, 0) is 6.61 Å². The van der Waals surface area contributed by atoms with Gasteiger partial charge in [-0.3, -0.25) is 0 Å². The quantitative estimate of drug-likeness (QED) is 0.560. The van der Waals surface area contributed by atoms with Gasteiger partial charge in [0.2, 0.25) is 4.96 Å². The molecule has 0 radical (unpaired) electrons. The molecule has 4 aromatic rings.